The number of benzene rings is 2. The van der Waals surface area contributed by atoms with E-state index in [0.29, 0.717) is 38.7 Å². The minimum absolute atomic E-state index is 0.350. The molecule has 3 rings (SSSR count). The van der Waals surface area contributed by atoms with Crippen molar-refractivity contribution >= 4 is 52.3 Å². The monoisotopic (exact) mass is 388 g/mol. The molecule has 0 atom stereocenters. The van der Waals surface area contributed by atoms with Crippen molar-refractivity contribution in [3.63, 3.8) is 0 Å². The Morgan fingerprint density at radius 1 is 1.08 bits per heavy atom. The van der Waals surface area contributed by atoms with E-state index in [1.165, 1.54) is 7.11 Å². The van der Waals surface area contributed by atoms with Crippen molar-refractivity contribution < 1.29 is 9.53 Å². The van der Waals surface area contributed by atoms with Crippen LogP contribution in [0.1, 0.15) is 10.4 Å². The van der Waals surface area contributed by atoms with Crippen LogP contribution in [0.25, 0.3) is 0 Å². The molecule has 0 unspecified atom stereocenters. The van der Waals surface area contributed by atoms with E-state index in [2.05, 4.69) is 20.6 Å². The fourth-order valence-electron chi connectivity index (χ4n) is 2.20. The summed E-state index contributed by atoms with van der Waals surface area (Å²) < 4.78 is 4.72. The van der Waals surface area contributed by atoms with Gasteiger partial charge in [-0.3, -0.25) is 0 Å². The number of halogens is 2. The Bertz CT molecular complexity index is 950. The van der Waals surface area contributed by atoms with E-state index < -0.39 is 5.97 Å². The van der Waals surface area contributed by atoms with Crippen LogP contribution in [0.15, 0.2) is 54.7 Å². The Kier molecular flexibility index (Phi) is 5.55. The maximum absolute atomic E-state index is 11.6. The van der Waals surface area contributed by atoms with Gasteiger partial charge in [0, 0.05) is 11.9 Å². The minimum atomic E-state index is -0.408. The molecule has 2 aromatic carbocycles. The summed E-state index contributed by atoms with van der Waals surface area (Å²) in [7, 11) is 1.34. The van der Waals surface area contributed by atoms with Gasteiger partial charge in [0.1, 0.15) is 5.82 Å². The average molecular weight is 389 g/mol. The van der Waals surface area contributed by atoms with Crippen LogP contribution >= 0.6 is 23.2 Å². The highest BCUT2D eigenvalue weighted by Gasteiger charge is 2.08. The summed E-state index contributed by atoms with van der Waals surface area (Å²) in [6.45, 7) is 0. The summed E-state index contributed by atoms with van der Waals surface area (Å²) in [5.74, 6) is 0.486. The summed E-state index contributed by atoms with van der Waals surface area (Å²) in [6, 6.07) is 13.9. The summed E-state index contributed by atoms with van der Waals surface area (Å²) in [6.07, 6.45) is 1.60. The van der Waals surface area contributed by atoms with E-state index in [9.17, 15) is 4.79 Å². The number of ether oxygens (including phenoxy) is 1. The quantitative estimate of drug-likeness (QED) is 0.595. The molecule has 0 saturated carbocycles. The SMILES string of the molecule is COC(=O)c1cccc(Nc2ccnc(Nc3cccc(Cl)c3Cl)n2)c1. The van der Waals surface area contributed by atoms with Crippen LogP contribution in [0.2, 0.25) is 10.0 Å². The zero-order valence-electron chi connectivity index (χ0n) is 13.7. The lowest BCUT2D eigenvalue weighted by atomic mass is 10.2. The Balaban J connectivity index is 1.80. The van der Waals surface area contributed by atoms with Gasteiger partial charge in [-0.25, -0.2) is 9.78 Å². The first kappa shape index (κ1) is 18.0. The molecule has 3 aromatic rings. The number of rotatable bonds is 5. The van der Waals surface area contributed by atoms with Crippen LogP contribution in [-0.2, 0) is 4.74 Å². The fourth-order valence-corrected chi connectivity index (χ4v) is 2.55. The van der Waals surface area contributed by atoms with Crippen LogP contribution in [0.5, 0.6) is 0 Å². The van der Waals surface area contributed by atoms with Crippen LogP contribution < -0.4 is 10.6 Å². The molecular weight excluding hydrogens is 375 g/mol. The van der Waals surface area contributed by atoms with Gasteiger partial charge in [-0.2, -0.15) is 4.98 Å². The van der Waals surface area contributed by atoms with Crippen molar-refractivity contribution in [2.75, 3.05) is 17.7 Å². The number of esters is 1. The van der Waals surface area contributed by atoms with E-state index in [1.54, 1.807) is 48.7 Å². The van der Waals surface area contributed by atoms with Crippen molar-refractivity contribution in [1.82, 2.24) is 9.97 Å². The number of nitrogens with one attached hydrogen (secondary N) is 2. The molecule has 0 aliphatic carbocycles. The number of carbonyl (C=O) groups excluding carboxylic acids is 1. The average Bonchev–Trinajstić information content (AvgIpc) is 2.65. The van der Waals surface area contributed by atoms with E-state index in [0.717, 1.165) is 0 Å². The zero-order valence-corrected chi connectivity index (χ0v) is 15.2. The molecular formula is C18H14Cl2N4O2. The van der Waals surface area contributed by atoms with Crippen LogP contribution in [0.3, 0.4) is 0 Å². The summed E-state index contributed by atoms with van der Waals surface area (Å²) in [4.78, 5) is 20.2. The summed E-state index contributed by atoms with van der Waals surface area (Å²) in [5, 5.41) is 6.97. The standard InChI is InChI=1S/C18H14Cl2N4O2/c1-26-17(25)11-4-2-5-12(10-11)22-15-8-9-21-18(24-15)23-14-7-3-6-13(19)16(14)20/h2-10H,1H3,(H2,21,22,23,24). The van der Waals surface area contributed by atoms with Crippen molar-refractivity contribution in [1.29, 1.82) is 0 Å². The predicted octanol–water partition coefficient (Wildman–Crippen LogP) is 5.06. The number of anilines is 4. The van der Waals surface area contributed by atoms with Crippen molar-refractivity contribution in [2.45, 2.75) is 0 Å². The highest BCUT2D eigenvalue weighted by atomic mass is 35.5. The predicted molar refractivity (Wildman–Crippen MR) is 103 cm³/mol. The number of hydrogen-bond donors (Lipinski definition) is 2. The Labute approximate surface area is 160 Å². The van der Waals surface area contributed by atoms with Gasteiger partial charge in [0.2, 0.25) is 5.95 Å². The van der Waals surface area contributed by atoms with E-state index in [4.69, 9.17) is 27.9 Å². The normalized spacial score (nSPS) is 10.3. The number of nitrogens with zero attached hydrogens (tertiary/aromatic N) is 2. The summed E-state index contributed by atoms with van der Waals surface area (Å²) in [5.41, 5.74) is 1.73. The van der Waals surface area contributed by atoms with Gasteiger partial charge in [0.05, 0.1) is 28.4 Å². The van der Waals surface area contributed by atoms with Crippen LogP contribution in [0, 0.1) is 0 Å². The molecule has 0 aliphatic heterocycles. The lowest BCUT2D eigenvalue weighted by molar-refractivity contribution is 0.0601. The first-order valence-electron chi connectivity index (χ1n) is 7.56. The first-order chi connectivity index (χ1) is 12.6. The van der Waals surface area contributed by atoms with Gasteiger partial charge in [-0.1, -0.05) is 35.3 Å². The molecule has 0 bridgehead atoms. The van der Waals surface area contributed by atoms with Crippen molar-refractivity contribution in [2.24, 2.45) is 0 Å². The molecule has 132 valence electrons. The third kappa shape index (κ3) is 4.22. The molecule has 1 aromatic heterocycles. The molecule has 8 heteroatoms. The molecule has 1 heterocycles. The number of hydrogen-bond acceptors (Lipinski definition) is 6. The second-order valence-corrected chi connectivity index (χ2v) is 5.97. The van der Waals surface area contributed by atoms with E-state index in [-0.39, 0.29) is 0 Å². The lowest BCUT2D eigenvalue weighted by Crippen LogP contribution is -2.03. The van der Waals surface area contributed by atoms with Crippen LogP contribution in [0.4, 0.5) is 23.1 Å². The molecule has 2 N–H and O–H groups in total. The third-order valence-corrected chi connectivity index (χ3v) is 4.23. The molecule has 0 amide bonds. The second kappa shape index (κ2) is 8.03. The van der Waals surface area contributed by atoms with Gasteiger partial charge in [0.15, 0.2) is 0 Å². The smallest absolute Gasteiger partial charge is 0.337 e. The summed E-state index contributed by atoms with van der Waals surface area (Å²) >= 11 is 12.2. The lowest BCUT2D eigenvalue weighted by Gasteiger charge is -2.10. The van der Waals surface area contributed by atoms with Crippen molar-refractivity contribution in [3.8, 4) is 0 Å². The van der Waals surface area contributed by atoms with Gasteiger partial charge in [-0.15, -0.1) is 0 Å². The molecule has 0 fully saturated rings. The number of carbonyl (C=O) groups is 1. The van der Waals surface area contributed by atoms with Gasteiger partial charge in [0.25, 0.3) is 0 Å². The second-order valence-electron chi connectivity index (χ2n) is 5.19. The number of aromatic nitrogens is 2. The van der Waals surface area contributed by atoms with Crippen LogP contribution in [-0.4, -0.2) is 23.0 Å². The van der Waals surface area contributed by atoms with E-state index in [1.807, 2.05) is 6.07 Å². The molecule has 26 heavy (non-hydrogen) atoms. The fraction of sp³-hybridized carbons (Fsp3) is 0.0556. The van der Waals surface area contributed by atoms with Gasteiger partial charge in [-0.05, 0) is 36.4 Å². The minimum Gasteiger partial charge on any atom is -0.465 e. The van der Waals surface area contributed by atoms with E-state index >= 15 is 0 Å². The van der Waals surface area contributed by atoms with Gasteiger partial charge >= 0.3 is 5.97 Å². The molecule has 0 radical (unpaired) electrons. The molecule has 0 aliphatic rings. The molecule has 6 nitrogen and oxygen atoms in total. The zero-order chi connectivity index (χ0) is 18.5. The largest absolute Gasteiger partial charge is 0.465 e. The number of methoxy groups -OCH3 is 1. The highest BCUT2D eigenvalue weighted by molar-refractivity contribution is 6.43. The Morgan fingerprint density at radius 2 is 1.88 bits per heavy atom. The maximum Gasteiger partial charge on any atom is 0.337 e. The Morgan fingerprint density at radius 3 is 2.69 bits per heavy atom. The molecule has 0 saturated heterocycles. The first-order valence-corrected chi connectivity index (χ1v) is 8.32. The van der Waals surface area contributed by atoms with Gasteiger partial charge < -0.3 is 15.4 Å². The maximum atomic E-state index is 11.6. The topological polar surface area (TPSA) is 76.1 Å². The van der Waals surface area contributed by atoms with Crippen molar-refractivity contribution in [3.05, 3.63) is 70.3 Å². The highest BCUT2D eigenvalue weighted by Crippen LogP contribution is 2.31. The molecule has 0 spiro atoms. The third-order valence-electron chi connectivity index (χ3n) is 3.41. The Hall–Kier alpha value is -2.83.